The molecule has 0 aromatic carbocycles. The molecule has 0 aromatic rings. The minimum atomic E-state index is 0.122. The van der Waals surface area contributed by atoms with E-state index in [1.165, 1.54) is 51.4 Å². The van der Waals surface area contributed by atoms with Crippen LogP contribution in [0.15, 0.2) is 0 Å². The van der Waals surface area contributed by atoms with Crippen LogP contribution in [-0.4, -0.2) is 18.4 Å². The van der Waals surface area contributed by atoms with Gasteiger partial charge in [-0.05, 0) is 13.0 Å². The molecule has 0 unspecified atom stereocenters. The molecule has 0 spiro atoms. The summed E-state index contributed by atoms with van der Waals surface area (Å²) in [4.78, 5) is 0. The molecule has 0 fully saturated rings. The standard InChI is InChI=1S/C11H25NO/c1-2-3-4-5-6-7-8-9-10-12-11-13/h12-13H,2-11H2,1H3. The van der Waals surface area contributed by atoms with Crippen molar-refractivity contribution in [2.75, 3.05) is 13.3 Å². The van der Waals surface area contributed by atoms with Gasteiger partial charge in [-0.1, -0.05) is 51.9 Å². The molecule has 0 heterocycles. The first-order valence-electron chi connectivity index (χ1n) is 5.73. The second-order valence-corrected chi connectivity index (χ2v) is 3.63. The highest BCUT2D eigenvalue weighted by Crippen LogP contribution is 2.07. The van der Waals surface area contributed by atoms with Gasteiger partial charge in [0.15, 0.2) is 0 Å². The topological polar surface area (TPSA) is 32.3 Å². The summed E-state index contributed by atoms with van der Waals surface area (Å²) in [6.45, 7) is 3.34. The van der Waals surface area contributed by atoms with Crippen LogP contribution in [0.4, 0.5) is 0 Å². The molecule has 0 amide bonds. The molecule has 0 bridgehead atoms. The van der Waals surface area contributed by atoms with Gasteiger partial charge in [0.2, 0.25) is 0 Å². The van der Waals surface area contributed by atoms with Crippen LogP contribution >= 0.6 is 0 Å². The zero-order valence-corrected chi connectivity index (χ0v) is 9.02. The maximum Gasteiger partial charge on any atom is 0.0931 e. The van der Waals surface area contributed by atoms with Gasteiger partial charge in [-0.2, -0.15) is 0 Å². The predicted molar refractivity (Wildman–Crippen MR) is 57.7 cm³/mol. The van der Waals surface area contributed by atoms with Crippen molar-refractivity contribution in [3.8, 4) is 0 Å². The molecule has 0 aliphatic carbocycles. The first-order chi connectivity index (χ1) is 6.41. The van der Waals surface area contributed by atoms with E-state index in [2.05, 4.69) is 12.2 Å². The van der Waals surface area contributed by atoms with Gasteiger partial charge in [0, 0.05) is 0 Å². The fourth-order valence-electron chi connectivity index (χ4n) is 1.46. The smallest absolute Gasteiger partial charge is 0.0931 e. The van der Waals surface area contributed by atoms with Crippen molar-refractivity contribution in [2.45, 2.75) is 58.3 Å². The number of nitrogens with one attached hydrogen (secondary N) is 1. The summed E-state index contributed by atoms with van der Waals surface area (Å²) >= 11 is 0. The lowest BCUT2D eigenvalue weighted by atomic mass is 10.1. The minimum absolute atomic E-state index is 0.122. The van der Waals surface area contributed by atoms with Crippen LogP contribution < -0.4 is 5.32 Å². The monoisotopic (exact) mass is 187 g/mol. The third-order valence-corrected chi connectivity index (χ3v) is 2.32. The second-order valence-electron chi connectivity index (χ2n) is 3.63. The Morgan fingerprint density at radius 1 is 0.846 bits per heavy atom. The van der Waals surface area contributed by atoms with Gasteiger partial charge >= 0.3 is 0 Å². The number of rotatable bonds is 10. The summed E-state index contributed by atoms with van der Waals surface area (Å²) < 4.78 is 0. The number of unbranched alkanes of at least 4 members (excludes halogenated alkanes) is 7. The molecule has 0 radical (unpaired) electrons. The molecule has 2 N–H and O–H groups in total. The molecule has 0 saturated carbocycles. The molecule has 0 aliphatic rings. The maximum absolute atomic E-state index is 8.45. The lowest BCUT2D eigenvalue weighted by molar-refractivity contribution is 0.260. The lowest BCUT2D eigenvalue weighted by Gasteiger charge is -2.01. The summed E-state index contributed by atoms with van der Waals surface area (Å²) in [6.07, 6.45) is 10.8. The molecule has 13 heavy (non-hydrogen) atoms. The van der Waals surface area contributed by atoms with Gasteiger partial charge in [-0.3, -0.25) is 5.32 Å². The number of aliphatic hydroxyl groups excluding tert-OH is 1. The van der Waals surface area contributed by atoms with Gasteiger partial charge in [0.05, 0.1) is 6.73 Å². The zero-order chi connectivity index (χ0) is 9.78. The molecule has 0 aromatic heterocycles. The highest BCUT2D eigenvalue weighted by molar-refractivity contribution is 4.47. The maximum atomic E-state index is 8.45. The van der Waals surface area contributed by atoms with E-state index in [9.17, 15) is 0 Å². The second kappa shape index (κ2) is 11.9. The fourth-order valence-corrected chi connectivity index (χ4v) is 1.46. The molecule has 0 saturated heterocycles. The highest BCUT2D eigenvalue weighted by Gasteiger charge is 1.90. The summed E-state index contributed by atoms with van der Waals surface area (Å²) in [6, 6.07) is 0. The van der Waals surface area contributed by atoms with E-state index in [1.807, 2.05) is 0 Å². The molecule has 80 valence electrons. The first-order valence-corrected chi connectivity index (χ1v) is 5.73. The predicted octanol–water partition coefficient (Wildman–Crippen LogP) is 2.67. The van der Waals surface area contributed by atoms with Crippen LogP contribution in [0.5, 0.6) is 0 Å². The van der Waals surface area contributed by atoms with Gasteiger partial charge in [-0.15, -0.1) is 0 Å². The average molecular weight is 187 g/mol. The van der Waals surface area contributed by atoms with Crippen molar-refractivity contribution in [1.82, 2.24) is 5.32 Å². The Morgan fingerprint density at radius 2 is 1.38 bits per heavy atom. The van der Waals surface area contributed by atoms with E-state index in [0.717, 1.165) is 6.54 Å². The Hall–Kier alpha value is -0.0800. The number of aliphatic hydroxyl groups is 1. The van der Waals surface area contributed by atoms with E-state index in [4.69, 9.17) is 5.11 Å². The van der Waals surface area contributed by atoms with Gasteiger partial charge in [0.1, 0.15) is 0 Å². The third-order valence-electron chi connectivity index (χ3n) is 2.32. The molecular weight excluding hydrogens is 162 g/mol. The quantitative estimate of drug-likeness (QED) is 0.407. The average Bonchev–Trinajstić information content (AvgIpc) is 2.16. The van der Waals surface area contributed by atoms with Crippen molar-refractivity contribution in [3.05, 3.63) is 0 Å². The van der Waals surface area contributed by atoms with Crippen molar-refractivity contribution in [1.29, 1.82) is 0 Å². The Labute approximate surface area is 82.7 Å². The van der Waals surface area contributed by atoms with Crippen LogP contribution in [0.3, 0.4) is 0 Å². The van der Waals surface area contributed by atoms with E-state index in [1.54, 1.807) is 0 Å². The summed E-state index contributed by atoms with van der Waals surface area (Å²) in [5, 5.41) is 11.4. The Balaban J connectivity index is 2.76. The van der Waals surface area contributed by atoms with Gasteiger partial charge in [0.25, 0.3) is 0 Å². The zero-order valence-electron chi connectivity index (χ0n) is 9.02. The molecule has 2 nitrogen and oxygen atoms in total. The van der Waals surface area contributed by atoms with E-state index < -0.39 is 0 Å². The first kappa shape index (κ1) is 12.9. The van der Waals surface area contributed by atoms with Crippen molar-refractivity contribution < 1.29 is 5.11 Å². The molecular formula is C11H25NO. The van der Waals surface area contributed by atoms with Crippen LogP contribution in [0.2, 0.25) is 0 Å². The summed E-state index contributed by atoms with van der Waals surface area (Å²) in [5.74, 6) is 0. The van der Waals surface area contributed by atoms with Crippen molar-refractivity contribution >= 4 is 0 Å². The molecule has 2 heteroatoms. The lowest BCUT2D eigenvalue weighted by Crippen LogP contribution is -2.15. The van der Waals surface area contributed by atoms with Crippen LogP contribution in [-0.2, 0) is 0 Å². The summed E-state index contributed by atoms with van der Waals surface area (Å²) in [7, 11) is 0. The number of hydrogen-bond donors (Lipinski definition) is 2. The Bertz CT molecular complexity index is 76.2. The molecule has 0 aliphatic heterocycles. The Kier molecular flexibility index (Phi) is 11.8. The van der Waals surface area contributed by atoms with Gasteiger partial charge in [-0.25, -0.2) is 0 Å². The van der Waals surface area contributed by atoms with E-state index >= 15 is 0 Å². The van der Waals surface area contributed by atoms with Crippen molar-refractivity contribution in [2.24, 2.45) is 0 Å². The van der Waals surface area contributed by atoms with Crippen LogP contribution in [0.25, 0.3) is 0 Å². The molecule has 0 rings (SSSR count). The molecule has 0 atom stereocenters. The summed E-state index contributed by atoms with van der Waals surface area (Å²) in [5.41, 5.74) is 0. The highest BCUT2D eigenvalue weighted by atomic mass is 16.3. The van der Waals surface area contributed by atoms with Crippen molar-refractivity contribution in [3.63, 3.8) is 0 Å². The number of hydrogen-bond acceptors (Lipinski definition) is 2. The Morgan fingerprint density at radius 3 is 1.92 bits per heavy atom. The van der Waals surface area contributed by atoms with Crippen LogP contribution in [0.1, 0.15) is 58.3 Å². The van der Waals surface area contributed by atoms with E-state index in [-0.39, 0.29) is 6.73 Å². The van der Waals surface area contributed by atoms with Crippen LogP contribution in [0, 0.1) is 0 Å². The fraction of sp³-hybridized carbons (Fsp3) is 1.00. The SMILES string of the molecule is CCCCCCCCCCNCO. The van der Waals surface area contributed by atoms with Gasteiger partial charge < -0.3 is 5.11 Å². The normalized spacial score (nSPS) is 10.6. The third kappa shape index (κ3) is 11.9. The minimum Gasteiger partial charge on any atom is -0.381 e. The largest absolute Gasteiger partial charge is 0.381 e. The van der Waals surface area contributed by atoms with E-state index in [0.29, 0.717) is 0 Å².